The second-order valence-corrected chi connectivity index (χ2v) is 4.92. The molecule has 0 amide bonds. The van der Waals surface area contributed by atoms with Gasteiger partial charge >= 0.3 is 0 Å². The quantitative estimate of drug-likeness (QED) is 0.866. The Kier molecular flexibility index (Phi) is 4.02. The zero-order valence-corrected chi connectivity index (χ0v) is 10.7. The van der Waals surface area contributed by atoms with Crippen molar-refractivity contribution in [2.75, 3.05) is 26.7 Å². The Morgan fingerprint density at radius 1 is 1.53 bits per heavy atom. The highest BCUT2D eigenvalue weighted by Crippen LogP contribution is 2.28. The number of likely N-dealkylation sites (tertiary alicyclic amines) is 1. The number of rotatable bonds is 4. The van der Waals surface area contributed by atoms with Gasteiger partial charge in [0, 0.05) is 19.1 Å². The molecule has 2 atom stereocenters. The molecule has 94 valence electrons. The zero-order valence-electron chi connectivity index (χ0n) is 10.7. The molecule has 1 aromatic carbocycles. The third-order valence-corrected chi connectivity index (χ3v) is 3.60. The number of benzene rings is 1. The van der Waals surface area contributed by atoms with E-state index in [9.17, 15) is 0 Å². The number of hydrogen-bond acceptors (Lipinski definition) is 3. The van der Waals surface area contributed by atoms with Crippen LogP contribution in [0.5, 0.6) is 5.75 Å². The number of ether oxygens (including phenoxy) is 1. The van der Waals surface area contributed by atoms with Crippen molar-refractivity contribution in [3.8, 4) is 5.75 Å². The van der Waals surface area contributed by atoms with Crippen LogP contribution >= 0.6 is 0 Å². The van der Waals surface area contributed by atoms with Crippen LogP contribution in [-0.4, -0.2) is 31.6 Å². The van der Waals surface area contributed by atoms with E-state index < -0.39 is 0 Å². The van der Waals surface area contributed by atoms with Gasteiger partial charge in [-0.1, -0.05) is 19.1 Å². The molecule has 2 N–H and O–H groups in total. The van der Waals surface area contributed by atoms with E-state index in [2.05, 4.69) is 24.0 Å². The lowest BCUT2D eigenvalue weighted by molar-refractivity contribution is 0.243. The van der Waals surface area contributed by atoms with Gasteiger partial charge in [0.05, 0.1) is 7.11 Å². The molecule has 3 nitrogen and oxygen atoms in total. The van der Waals surface area contributed by atoms with Gasteiger partial charge in [0.2, 0.25) is 0 Å². The first-order valence-electron chi connectivity index (χ1n) is 6.32. The van der Waals surface area contributed by atoms with Gasteiger partial charge in [-0.25, -0.2) is 0 Å². The second kappa shape index (κ2) is 5.52. The van der Waals surface area contributed by atoms with Crippen molar-refractivity contribution in [1.82, 2.24) is 4.90 Å². The van der Waals surface area contributed by atoms with E-state index in [0.29, 0.717) is 12.6 Å². The fraction of sp³-hybridized carbons (Fsp3) is 0.571. The van der Waals surface area contributed by atoms with Gasteiger partial charge in [0.25, 0.3) is 0 Å². The van der Waals surface area contributed by atoms with Gasteiger partial charge < -0.3 is 10.5 Å². The van der Waals surface area contributed by atoms with E-state index in [1.165, 1.54) is 12.0 Å². The highest BCUT2D eigenvalue weighted by atomic mass is 16.5. The van der Waals surface area contributed by atoms with Gasteiger partial charge in [-0.05, 0) is 36.6 Å². The van der Waals surface area contributed by atoms with Crippen molar-refractivity contribution in [3.05, 3.63) is 29.8 Å². The maximum absolute atomic E-state index is 5.94. The normalized spacial score (nSPS) is 22.6. The van der Waals surface area contributed by atoms with Crippen LogP contribution in [0, 0.1) is 5.92 Å². The summed E-state index contributed by atoms with van der Waals surface area (Å²) in [7, 11) is 1.70. The molecule has 1 heterocycles. The lowest BCUT2D eigenvalue weighted by Crippen LogP contribution is -2.31. The Morgan fingerprint density at radius 2 is 2.35 bits per heavy atom. The summed E-state index contributed by atoms with van der Waals surface area (Å²) in [5.74, 6) is 1.70. The fourth-order valence-corrected chi connectivity index (χ4v) is 2.60. The highest BCUT2D eigenvalue weighted by molar-refractivity contribution is 5.30. The van der Waals surface area contributed by atoms with E-state index in [1.54, 1.807) is 7.11 Å². The third-order valence-electron chi connectivity index (χ3n) is 3.60. The summed E-state index contributed by atoms with van der Waals surface area (Å²) < 4.78 is 5.27. The lowest BCUT2D eigenvalue weighted by Gasteiger charge is -2.27. The van der Waals surface area contributed by atoms with Gasteiger partial charge in [-0.2, -0.15) is 0 Å². The third kappa shape index (κ3) is 2.79. The number of hydrogen-bond donors (Lipinski definition) is 1. The summed E-state index contributed by atoms with van der Waals surface area (Å²) in [6.07, 6.45) is 1.28. The molecule has 17 heavy (non-hydrogen) atoms. The van der Waals surface area contributed by atoms with Crippen LogP contribution < -0.4 is 10.5 Å². The van der Waals surface area contributed by atoms with Crippen LogP contribution in [0.3, 0.4) is 0 Å². The van der Waals surface area contributed by atoms with Crippen LogP contribution in [-0.2, 0) is 0 Å². The fourth-order valence-electron chi connectivity index (χ4n) is 2.60. The smallest absolute Gasteiger partial charge is 0.119 e. The first-order valence-corrected chi connectivity index (χ1v) is 6.32. The summed E-state index contributed by atoms with van der Waals surface area (Å²) in [5, 5.41) is 0. The molecule has 0 spiro atoms. The molecule has 1 fully saturated rings. The van der Waals surface area contributed by atoms with E-state index in [1.807, 2.05) is 12.1 Å². The standard InChI is InChI=1S/C14H22N2O/c1-11-6-7-16(10-11)14(9-15)12-4-3-5-13(8-12)17-2/h3-5,8,11,14H,6-7,9-10,15H2,1-2H3. The SMILES string of the molecule is COc1cccc(C(CN)N2CCC(C)C2)c1. The topological polar surface area (TPSA) is 38.5 Å². The molecule has 0 aromatic heterocycles. The largest absolute Gasteiger partial charge is 0.497 e. The minimum Gasteiger partial charge on any atom is -0.497 e. The van der Waals surface area contributed by atoms with Crippen molar-refractivity contribution in [1.29, 1.82) is 0 Å². The summed E-state index contributed by atoms with van der Waals surface area (Å²) in [6.45, 7) is 5.28. The Labute approximate surface area is 104 Å². The number of nitrogens with two attached hydrogens (primary N) is 1. The highest BCUT2D eigenvalue weighted by Gasteiger charge is 2.26. The lowest BCUT2D eigenvalue weighted by atomic mass is 10.1. The van der Waals surface area contributed by atoms with Gasteiger partial charge in [0.15, 0.2) is 0 Å². The van der Waals surface area contributed by atoms with Crippen molar-refractivity contribution in [3.63, 3.8) is 0 Å². The van der Waals surface area contributed by atoms with E-state index in [-0.39, 0.29) is 0 Å². The summed E-state index contributed by atoms with van der Waals surface area (Å²) >= 11 is 0. The van der Waals surface area contributed by atoms with Gasteiger partial charge in [-0.15, -0.1) is 0 Å². The Morgan fingerprint density at radius 3 is 2.94 bits per heavy atom. The molecule has 0 aliphatic carbocycles. The van der Waals surface area contributed by atoms with Gasteiger partial charge in [-0.3, -0.25) is 4.90 Å². The van der Waals surface area contributed by atoms with E-state index in [0.717, 1.165) is 24.8 Å². The number of nitrogens with zero attached hydrogens (tertiary/aromatic N) is 1. The Hall–Kier alpha value is -1.06. The Balaban J connectivity index is 2.16. The maximum Gasteiger partial charge on any atom is 0.119 e. The molecule has 1 aliphatic rings. The monoisotopic (exact) mass is 234 g/mol. The first kappa shape index (κ1) is 12.4. The molecule has 0 saturated carbocycles. The van der Waals surface area contributed by atoms with Crippen LogP contribution in [0.25, 0.3) is 0 Å². The summed E-state index contributed by atoms with van der Waals surface area (Å²) in [5.41, 5.74) is 7.20. The Bertz CT molecular complexity index is 367. The molecule has 1 saturated heterocycles. The molecular weight excluding hydrogens is 212 g/mol. The minimum absolute atomic E-state index is 0.329. The maximum atomic E-state index is 5.94. The molecule has 2 rings (SSSR count). The van der Waals surface area contributed by atoms with Crippen LogP contribution in [0.1, 0.15) is 24.9 Å². The minimum atomic E-state index is 0.329. The molecule has 1 aliphatic heterocycles. The van der Waals surface area contributed by atoms with E-state index in [4.69, 9.17) is 10.5 Å². The van der Waals surface area contributed by atoms with Crippen molar-refractivity contribution < 1.29 is 4.74 Å². The second-order valence-electron chi connectivity index (χ2n) is 4.92. The average molecular weight is 234 g/mol. The molecule has 0 bridgehead atoms. The van der Waals surface area contributed by atoms with Crippen molar-refractivity contribution in [2.24, 2.45) is 11.7 Å². The number of methoxy groups -OCH3 is 1. The molecule has 1 aromatic rings. The average Bonchev–Trinajstić information content (AvgIpc) is 2.77. The summed E-state index contributed by atoms with van der Waals surface area (Å²) in [6, 6.07) is 8.58. The first-order chi connectivity index (χ1) is 8.24. The van der Waals surface area contributed by atoms with Crippen LogP contribution in [0.4, 0.5) is 0 Å². The van der Waals surface area contributed by atoms with Crippen LogP contribution in [0.2, 0.25) is 0 Å². The van der Waals surface area contributed by atoms with Crippen molar-refractivity contribution in [2.45, 2.75) is 19.4 Å². The molecule has 2 unspecified atom stereocenters. The van der Waals surface area contributed by atoms with E-state index >= 15 is 0 Å². The van der Waals surface area contributed by atoms with Gasteiger partial charge in [0.1, 0.15) is 5.75 Å². The predicted octanol–water partition coefficient (Wildman–Crippen LogP) is 2.04. The molecular formula is C14H22N2O. The molecule has 0 radical (unpaired) electrons. The molecule has 3 heteroatoms. The zero-order chi connectivity index (χ0) is 12.3. The summed E-state index contributed by atoms with van der Waals surface area (Å²) in [4.78, 5) is 2.49. The predicted molar refractivity (Wildman–Crippen MR) is 70.1 cm³/mol. The van der Waals surface area contributed by atoms with Crippen molar-refractivity contribution >= 4 is 0 Å². The van der Waals surface area contributed by atoms with Crippen LogP contribution in [0.15, 0.2) is 24.3 Å².